The van der Waals surface area contributed by atoms with Gasteiger partial charge in [-0.15, -0.1) is 0 Å². The monoisotopic (exact) mass is 410 g/mol. The van der Waals surface area contributed by atoms with Crippen LogP contribution in [0.1, 0.15) is 12.0 Å². The number of hydrogen-bond donors (Lipinski definition) is 2. The fraction of sp³-hybridized carbons (Fsp3) is 0.478. The fourth-order valence-corrected chi connectivity index (χ4v) is 4.17. The van der Waals surface area contributed by atoms with Crippen molar-refractivity contribution >= 4 is 22.6 Å². The largest absolute Gasteiger partial charge is 0.379 e. The third kappa shape index (κ3) is 5.36. The Morgan fingerprint density at radius 3 is 2.73 bits per heavy atom. The highest BCUT2D eigenvalue weighted by atomic mass is 16.5. The van der Waals surface area contributed by atoms with Crippen LogP contribution in [0.25, 0.3) is 10.8 Å². The van der Waals surface area contributed by atoms with Gasteiger partial charge in [0, 0.05) is 45.8 Å². The molecule has 1 unspecified atom stereocenters. The normalized spacial score (nSPS) is 20.8. The summed E-state index contributed by atoms with van der Waals surface area (Å²) in [5.74, 6) is -0.140. The van der Waals surface area contributed by atoms with E-state index in [-0.39, 0.29) is 18.2 Å². The Morgan fingerprint density at radius 1 is 1.10 bits per heavy atom. The molecule has 0 saturated carbocycles. The van der Waals surface area contributed by atoms with Gasteiger partial charge in [-0.3, -0.25) is 19.4 Å². The third-order valence-electron chi connectivity index (χ3n) is 5.87. The van der Waals surface area contributed by atoms with Gasteiger partial charge in [0.25, 0.3) is 0 Å². The zero-order chi connectivity index (χ0) is 20.8. The van der Waals surface area contributed by atoms with E-state index in [1.165, 1.54) is 10.8 Å². The lowest BCUT2D eigenvalue weighted by Crippen LogP contribution is -2.56. The van der Waals surface area contributed by atoms with Crippen molar-refractivity contribution in [3.8, 4) is 0 Å². The lowest BCUT2D eigenvalue weighted by atomic mass is 10.0. The maximum Gasteiger partial charge on any atom is 0.237 e. The number of amides is 2. The van der Waals surface area contributed by atoms with Crippen molar-refractivity contribution in [2.45, 2.75) is 19.0 Å². The van der Waals surface area contributed by atoms with E-state index in [2.05, 4.69) is 50.8 Å². The average molecular weight is 411 g/mol. The second-order valence-corrected chi connectivity index (χ2v) is 7.97. The van der Waals surface area contributed by atoms with Gasteiger partial charge in [-0.1, -0.05) is 36.4 Å². The van der Waals surface area contributed by atoms with Gasteiger partial charge in [-0.05, 0) is 22.4 Å². The van der Waals surface area contributed by atoms with Crippen LogP contribution in [0, 0.1) is 0 Å². The maximum absolute atomic E-state index is 12.5. The van der Waals surface area contributed by atoms with E-state index < -0.39 is 6.04 Å². The van der Waals surface area contributed by atoms with Crippen molar-refractivity contribution in [3.63, 3.8) is 0 Å². The quantitative estimate of drug-likeness (QED) is 0.712. The van der Waals surface area contributed by atoms with Crippen LogP contribution in [-0.4, -0.2) is 80.1 Å². The van der Waals surface area contributed by atoms with Gasteiger partial charge in [0.1, 0.15) is 0 Å². The molecule has 2 aromatic carbocycles. The van der Waals surface area contributed by atoms with Crippen molar-refractivity contribution in [1.29, 1.82) is 0 Å². The van der Waals surface area contributed by atoms with Crippen molar-refractivity contribution in [1.82, 2.24) is 20.4 Å². The average Bonchev–Trinajstić information content (AvgIpc) is 2.77. The molecule has 0 spiro atoms. The fourth-order valence-electron chi connectivity index (χ4n) is 4.17. The lowest BCUT2D eigenvalue weighted by Gasteiger charge is -2.34. The second-order valence-electron chi connectivity index (χ2n) is 7.97. The van der Waals surface area contributed by atoms with E-state index in [4.69, 9.17) is 4.74 Å². The molecule has 30 heavy (non-hydrogen) atoms. The standard InChI is InChI=1S/C23H30N4O3/c28-22(24-7-9-26-11-13-30-14-12-26)16-21-23(29)25-8-10-27(21)17-18-5-6-19-3-1-2-4-20(19)15-18/h1-6,15,21H,7-14,16-17H2,(H,24,28)(H,25,29). The van der Waals surface area contributed by atoms with E-state index >= 15 is 0 Å². The highest BCUT2D eigenvalue weighted by Gasteiger charge is 2.31. The highest BCUT2D eigenvalue weighted by molar-refractivity contribution is 5.89. The summed E-state index contributed by atoms with van der Waals surface area (Å²) in [4.78, 5) is 29.4. The number of rotatable bonds is 7. The molecule has 160 valence electrons. The van der Waals surface area contributed by atoms with Crippen LogP contribution < -0.4 is 10.6 Å². The topological polar surface area (TPSA) is 73.9 Å². The molecular formula is C23H30N4O3. The summed E-state index contributed by atoms with van der Waals surface area (Å²) < 4.78 is 5.34. The van der Waals surface area contributed by atoms with Crippen LogP contribution in [0.2, 0.25) is 0 Å². The van der Waals surface area contributed by atoms with Crippen molar-refractivity contribution < 1.29 is 14.3 Å². The van der Waals surface area contributed by atoms with Gasteiger partial charge in [0.15, 0.2) is 0 Å². The third-order valence-corrected chi connectivity index (χ3v) is 5.87. The molecule has 2 heterocycles. The first kappa shape index (κ1) is 20.8. The number of carbonyl (C=O) groups is 2. The minimum Gasteiger partial charge on any atom is -0.379 e. The first-order chi connectivity index (χ1) is 14.7. The maximum atomic E-state index is 12.5. The molecule has 2 fully saturated rings. The number of nitrogens with zero attached hydrogens (tertiary/aromatic N) is 2. The van der Waals surface area contributed by atoms with Crippen molar-refractivity contribution in [2.75, 3.05) is 52.5 Å². The van der Waals surface area contributed by atoms with Crippen molar-refractivity contribution in [3.05, 3.63) is 48.0 Å². The molecule has 7 heteroatoms. The van der Waals surface area contributed by atoms with Gasteiger partial charge in [0.2, 0.25) is 11.8 Å². The van der Waals surface area contributed by atoms with Gasteiger partial charge in [-0.2, -0.15) is 0 Å². The summed E-state index contributed by atoms with van der Waals surface area (Å²) >= 11 is 0. The summed E-state index contributed by atoms with van der Waals surface area (Å²) in [7, 11) is 0. The smallest absolute Gasteiger partial charge is 0.237 e. The van der Waals surface area contributed by atoms with Gasteiger partial charge < -0.3 is 15.4 Å². The zero-order valence-electron chi connectivity index (χ0n) is 17.3. The Morgan fingerprint density at radius 2 is 1.90 bits per heavy atom. The molecule has 2 amide bonds. The summed E-state index contributed by atoms with van der Waals surface area (Å²) in [5.41, 5.74) is 1.15. The van der Waals surface area contributed by atoms with Crippen LogP contribution in [-0.2, 0) is 20.9 Å². The molecular weight excluding hydrogens is 380 g/mol. The minimum atomic E-state index is -0.436. The van der Waals surface area contributed by atoms with Crippen LogP contribution in [0.5, 0.6) is 0 Å². The van der Waals surface area contributed by atoms with Crippen LogP contribution in [0.3, 0.4) is 0 Å². The molecule has 7 nitrogen and oxygen atoms in total. The number of morpholine rings is 1. The van der Waals surface area contributed by atoms with Gasteiger partial charge >= 0.3 is 0 Å². The molecule has 2 N–H and O–H groups in total. The number of nitrogens with one attached hydrogen (secondary N) is 2. The molecule has 2 aromatic rings. The molecule has 2 aliphatic heterocycles. The van der Waals surface area contributed by atoms with E-state index in [1.54, 1.807) is 0 Å². The minimum absolute atomic E-state index is 0.0645. The first-order valence-electron chi connectivity index (χ1n) is 10.8. The first-order valence-corrected chi connectivity index (χ1v) is 10.8. The second kappa shape index (κ2) is 10.0. The number of hydrogen-bond acceptors (Lipinski definition) is 5. The Bertz CT molecular complexity index is 882. The highest BCUT2D eigenvalue weighted by Crippen LogP contribution is 2.19. The van der Waals surface area contributed by atoms with E-state index in [0.717, 1.165) is 45.0 Å². The molecule has 0 bridgehead atoms. The van der Waals surface area contributed by atoms with Gasteiger partial charge in [0.05, 0.1) is 25.7 Å². The molecule has 0 aromatic heterocycles. The Kier molecular flexibility index (Phi) is 6.94. The van der Waals surface area contributed by atoms with Crippen LogP contribution in [0.15, 0.2) is 42.5 Å². The predicted octanol–water partition coefficient (Wildman–Crippen LogP) is 0.979. The Balaban J connectivity index is 1.33. The molecule has 0 aliphatic carbocycles. The predicted molar refractivity (Wildman–Crippen MR) is 116 cm³/mol. The zero-order valence-corrected chi connectivity index (χ0v) is 17.3. The van der Waals surface area contributed by atoms with Gasteiger partial charge in [-0.25, -0.2) is 0 Å². The molecule has 2 aliphatic rings. The van der Waals surface area contributed by atoms with Crippen LogP contribution in [0.4, 0.5) is 0 Å². The number of fused-ring (bicyclic) bond motifs is 1. The summed E-state index contributed by atoms with van der Waals surface area (Å²) in [6, 6.07) is 14.2. The number of benzene rings is 2. The number of piperazine rings is 1. The SMILES string of the molecule is O=C(CC1C(=O)NCCN1Cc1ccc2ccccc2c1)NCCN1CCOCC1. The van der Waals surface area contributed by atoms with E-state index in [0.29, 0.717) is 19.6 Å². The summed E-state index contributed by atoms with van der Waals surface area (Å²) in [5, 5.41) is 8.28. The summed E-state index contributed by atoms with van der Waals surface area (Å²) in [6.07, 6.45) is 0.183. The Hall–Kier alpha value is -2.48. The lowest BCUT2D eigenvalue weighted by molar-refractivity contribution is -0.134. The summed E-state index contributed by atoms with van der Waals surface area (Å²) in [6.45, 7) is 6.72. The Labute approximate surface area is 177 Å². The molecule has 4 rings (SSSR count). The number of ether oxygens (including phenoxy) is 1. The molecule has 1 atom stereocenters. The van der Waals surface area contributed by atoms with E-state index in [1.807, 2.05) is 12.1 Å². The van der Waals surface area contributed by atoms with E-state index in [9.17, 15) is 9.59 Å². The number of carbonyl (C=O) groups excluding carboxylic acids is 2. The molecule has 0 radical (unpaired) electrons. The van der Waals surface area contributed by atoms with Crippen LogP contribution >= 0.6 is 0 Å². The molecule has 2 saturated heterocycles. The van der Waals surface area contributed by atoms with Crippen molar-refractivity contribution in [2.24, 2.45) is 0 Å².